The van der Waals surface area contributed by atoms with Crippen LogP contribution in [-0.4, -0.2) is 51.6 Å². The van der Waals surface area contributed by atoms with Gasteiger partial charge in [-0.05, 0) is 44.4 Å². The van der Waals surface area contributed by atoms with Crippen LogP contribution in [0.2, 0.25) is 0 Å². The van der Waals surface area contributed by atoms with Gasteiger partial charge in [0.15, 0.2) is 0 Å². The molecule has 2 aromatic rings. The summed E-state index contributed by atoms with van der Waals surface area (Å²) in [7, 11) is 0. The molecule has 2 saturated heterocycles. The Labute approximate surface area is 146 Å². The number of pyridine rings is 1. The zero-order valence-corrected chi connectivity index (χ0v) is 14.2. The lowest BCUT2D eigenvalue weighted by molar-refractivity contribution is -0.132. The van der Waals surface area contributed by atoms with Crippen LogP contribution in [0.4, 0.5) is 0 Å². The van der Waals surface area contributed by atoms with Crippen molar-refractivity contribution in [2.24, 2.45) is 0 Å². The fraction of sp³-hybridized carbons (Fsp3) is 0.556. The summed E-state index contributed by atoms with van der Waals surface area (Å²) in [4.78, 5) is 23.1. The first-order chi connectivity index (χ1) is 12.3. The Hall–Kier alpha value is -2.28. The van der Waals surface area contributed by atoms with E-state index in [0.29, 0.717) is 29.9 Å². The Morgan fingerprint density at radius 2 is 2.16 bits per heavy atom. The van der Waals surface area contributed by atoms with Crippen molar-refractivity contribution in [3.8, 4) is 11.5 Å². The summed E-state index contributed by atoms with van der Waals surface area (Å²) in [6.07, 6.45) is 6.36. The Morgan fingerprint density at radius 3 is 2.88 bits per heavy atom. The molecule has 2 aromatic heterocycles. The number of hydrogen-bond acceptors (Lipinski definition) is 6. The first-order valence-corrected chi connectivity index (χ1v) is 9.06. The summed E-state index contributed by atoms with van der Waals surface area (Å²) >= 11 is 0. The van der Waals surface area contributed by atoms with Crippen LogP contribution in [0.1, 0.15) is 43.9 Å². The number of carbonyl (C=O) groups is 1. The number of likely N-dealkylation sites (tertiary alicyclic amines) is 1. The fourth-order valence-electron chi connectivity index (χ4n) is 3.65. The van der Waals surface area contributed by atoms with E-state index in [1.807, 2.05) is 23.1 Å². The van der Waals surface area contributed by atoms with Gasteiger partial charge in [-0.15, -0.1) is 0 Å². The fourth-order valence-corrected chi connectivity index (χ4v) is 3.65. The average molecular weight is 341 g/mol. The van der Waals surface area contributed by atoms with Crippen molar-refractivity contribution in [1.82, 2.24) is 25.3 Å². The van der Waals surface area contributed by atoms with Gasteiger partial charge in [0.05, 0.1) is 0 Å². The molecule has 2 aliphatic rings. The van der Waals surface area contributed by atoms with Gasteiger partial charge in [0.2, 0.25) is 17.6 Å². The van der Waals surface area contributed by atoms with E-state index in [9.17, 15) is 4.79 Å². The minimum Gasteiger partial charge on any atom is -0.343 e. The molecule has 132 valence electrons. The minimum atomic E-state index is 0.221. The number of nitrogens with zero attached hydrogens (tertiary/aromatic N) is 4. The number of rotatable bonds is 4. The smallest absolute Gasteiger partial charge is 0.230 e. The standard InChI is InChI=1S/C18H23N5O2/c24-16(12-14-4-3-9-19-14)23-10-6-13(7-11-23)18-21-17(22-25-18)15-5-1-2-8-20-15/h1-2,5,8,13-14,19H,3-4,6-7,9-12H2. The van der Waals surface area contributed by atoms with Crippen LogP contribution >= 0.6 is 0 Å². The maximum Gasteiger partial charge on any atom is 0.230 e. The van der Waals surface area contributed by atoms with Gasteiger partial charge in [-0.25, -0.2) is 0 Å². The average Bonchev–Trinajstić information content (AvgIpc) is 3.34. The van der Waals surface area contributed by atoms with Gasteiger partial charge < -0.3 is 14.7 Å². The molecule has 7 heteroatoms. The lowest BCUT2D eigenvalue weighted by Gasteiger charge is -2.31. The second kappa shape index (κ2) is 7.31. The second-order valence-electron chi connectivity index (χ2n) is 6.82. The predicted octanol–water partition coefficient (Wildman–Crippen LogP) is 1.98. The highest BCUT2D eigenvalue weighted by Crippen LogP contribution is 2.28. The third-order valence-corrected chi connectivity index (χ3v) is 5.12. The molecule has 1 atom stereocenters. The van der Waals surface area contributed by atoms with Gasteiger partial charge in [-0.3, -0.25) is 9.78 Å². The van der Waals surface area contributed by atoms with Gasteiger partial charge in [-0.1, -0.05) is 11.2 Å². The summed E-state index contributed by atoms with van der Waals surface area (Å²) in [5, 5.41) is 7.44. The Balaban J connectivity index is 1.33. The van der Waals surface area contributed by atoms with Gasteiger partial charge in [0, 0.05) is 37.7 Å². The van der Waals surface area contributed by atoms with Crippen molar-refractivity contribution in [3.63, 3.8) is 0 Å². The van der Waals surface area contributed by atoms with Crippen LogP contribution in [0.25, 0.3) is 11.5 Å². The Kier molecular flexibility index (Phi) is 4.74. The Bertz CT molecular complexity index is 703. The van der Waals surface area contributed by atoms with E-state index in [4.69, 9.17) is 4.52 Å². The minimum absolute atomic E-state index is 0.221. The number of piperidine rings is 1. The van der Waals surface area contributed by atoms with Gasteiger partial charge in [0.1, 0.15) is 5.69 Å². The molecular formula is C18H23N5O2. The van der Waals surface area contributed by atoms with Crippen molar-refractivity contribution in [2.45, 2.75) is 44.1 Å². The highest BCUT2D eigenvalue weighted by atomic mass is 16.5. The maximum absolute atomic E-state index is 12.4. The molecule has 7 nitrogen and oxygen atoms in total. The zero-order valence-electron chi connectivity index (χ0n) is 14.2. The zero-order chi connectivity index (χ0) is 17.1. The molecule has 0 radical (unpaired) electrons. The van der Waals surface area contributed by atoms with Crippen molar-refractivity contribution in [3.05, 3.63) is 30.3 Å². The van der Waals surface area contributed by atoms with Crippen LogP contribution < -0.4 is 5.32 Å². The summed E-state index contributed by atoms with van der Waals surface area (Å²) < 4.78 is 5.45. The van der Waals surface area contributed by atoms with E-state index in [-0.39, 0.29) is 11.8 Å². The summed E-state index contributed by atoms with van der Waals surface area (Å²) in [6, 6.07) is 5.99. The Morgan fingerprint density at radius 1 is 1.28 bits per heavy atom. The number of hydrogen-bond donors (Lipinski definition) is 1. The van der Waals surface area contributed by atoms with Crippen LogP contribution in [0.5, 0.6) is 0 Å². The first kappa shape index (κ1) is 16.2. The van der Waals surface area contributed by atoms with Crippen LogP contribution in [0.3, 0.4) is 0 Å². The van der Waals surface area contributed by atoms with E-state index in [1.165, 1.54) is 6.42 Å². The third-order valence-electron chi connectivity index (χ3n) is 5.12. The summed E-state index contributed by atoms with van der Waals surface area (Å²) in [5.41, 5.74) is 0.717. The molecular weight excluding hydrogens is 318 g/mol. The summed E-state index contributed by atoms with van der Waals surface area (Å²) in [6.45, 7) is 2.56. The molecule has 2 fully saturated rings. The van der Waals surface area contributed by atoms with E-state index >= 15 is 0 Å². The number of nitrogens with one attached hydrogen (secondary N) is 1. The molecule has 1 amide bonds. The van der Waals surface area contributed by atoms with E-state index in [0.717, 1.165) is 38.9 Å². The maximum atomic E-state index is 12.4. The molecule has 1 unspecified atom stereocenters. The highest BCUT2D eigenvalue weighted by Gasteiger charge is 2.29. The normalized spacial score (nSPS) is 21.6. The topological polar surface area (TPSA) is 84.2 Å². The first-order valence-electron chi connectivity index (χ1n) is 9.06. The van der Waals surface area contributed by atoms with Crippen LogP contribution in [0, 0.1) is 0 Å². The van der Waals surface area contributed by atoms with Gasteiger partial charge in [-0.2, -0.15) is 4.98 Å². The van der Waals surface area contributed by atoms with Gasteiger partial charge >= 0.3 is 0 Å². The van der Waals surface area contributed by atoms with Gasteiger partial charge in [0.25, 0.3) is 0 Å². The number of carbonyl (C=O) groups excluding carboxylic acids is 1. The van der Waals surface area contributed by atoms with Crippen molar-refractivity contribution < 1.29 is 9.32 Å². The quantitative estimate of drug-likeness (QED) is 0.915. The molecule has 0 saturated carbocycles. The SMILES string of the molecule is O=C(CC1CCCN1)N1CCC(c2nc(-c3ccccn3)no2)CC1. The molecule has 0 aromatic carbocycles. The van der Waals surface area contributed by atoms with Crippen LogP contribution in [-0.2, 0) is 4.79 Å². The summed E-state index contributed by atoms with van der Waals surface area (Å²) in [5.74, 6) is 1.67. The monoisotopic (exact) mass is 341 g/mol. The molecule has 4 heterocycles. The molecule has 1 N–H and O–H groups in total. The van der Waals surface area contributed by atoms with E-state index in [2.05, 4.69) is 20.4 Å². The molecule has 25 heavy (non-hydrogen) atoms. The number of aromatic nitrogens is 3. The van der Waals surface area contributed by atoms with E-state index < -0.39 is 0 Å². The lowest BCUT2D eigenvalue weighted by Crippen LogP contribution is -2.40. The highest BCUT2D eigenvalue weighted by molar-refractivity contribution is 5.77. The van der Waals surface area contributed by atoms with Crippen molar-refractivity contribution in [2.75, 3.05) is 19.6 Å². The molecule has 0 bridgehead atoms. The van der Waals surface area contributed by atoms with Crippen LogP contribution in [0.15, 0.2) is 28.9 Å². The van der Waals surface area contributed by atoms with E-state index in [1.54, 1.807) is 6.20 Å². The van der Waals surface area contributed by atoms with Crippen molar-refractivity contribution in [1.29, 1.82) is 0 Å². The molecule has 0 spiro atoms. The number of amides is 1. The predicted molar refractivity (Wildman–Crippen MR) is 91.7 cm³/mol. The largest absolute Gasteiger partial charge is 0.343 e. The lowest BCUT2D eigenvalue weighted by atomic mass is 9.96. The third kappa shape index (κ3) is 3.71. The molecule has 4 rings (SSSR count). The van der Waals surface area contributed by atoms with Crippen molar-refractivity contribution >= 4 is 5.91 Å². The molecule has 2 aliphatic heterocycles. The second-order valence-corrected chi connectivity index (χ2v) is 6.82. The molecule has 0 aliphatic carbocycles.